The summed E-state index contributed by atoms with van der Waals surface area (Å²) in [6, 6.07) is 7.64. The molecule has 14 heavy (non-hydrogen) atoms. The van der Waals surface area contributed by atoms with Crippen molar-refractivity contribution in [2.24, 2.45) is 11.8 Å². The number of nitrogens with one attached hydrogen (secondary N) is 1. The maximum absolute atomic E-state index is 11.5. The summed E-state index contributed by atoms with van der Waals surface area (Å²) < 4.78 is 1.02. The second kappa shape index (κ2) is 3.73. The van der Waals surface area contributed by atoms with Crippen LogP contribution in [0.4, 0.5) is 5.69 Å². The molecule has 1 aliphatic carbocycles. The van der Waals surface area contributed by atoms with Gasteiger partial charge in [0.1, 0.15) is 0 Å². The minimum atomic E-state index is 0.153. The van der Waals surface area contributed by atoms with Crippen molar-refractivity contribution < 1.29 is 4.79 Å². The smallest absolute Gasteiger partial charge is 0.227 e. The second-order valence-electron chi connectivity index (χ2n) is 3.82. The highest BCUT2D eigenvalue weighted by molar-refractivity contribution is 9.10. The van der Waals surface area contributed by atoms with E-state index >= 15 is 0 Å². The van der Waals surface area contributed by atoms with Crippen molar-refractivity contribution in [2.45, 2.75) is 13.3 Å². The van der Waals surface area contributed by atoms with Crippen LogP contribution in [0.15, 0.2) is 28.7 Å². The summed E-state index contributed by atoms with van der Waals surface area (Å²) in [6.07, 6.45) is 1.03. The Hall–Kier alpha value is -0.830. The molecule has 0 saturated heterocycles. The van der Waals surface area contributed by atoms with Gasteiger partial charge in [0.25, 0.3) is 0 Å². The summed E-state index contributed by atoms with van der Waals surface area (Å²) in [6.45, 7) is 2.10. The van der Waals surface area contributed by atoms with Crippen LogP contribution in [0.3, 0.4) is 0 Å². The van der Waals surface area contributed by atoms with Crippen molar-refractivity contribution in [2.75, 3.05) is 5.32 Å². The molecule has 1 fully saturated rings. The predicted molar refractivity (Wildman–Crippen MR) is 60.0 cm³/mol. The number of carbonyl (C=O) groups excluding carboxylic acids is 1. The molecule has 0 aromatic heterocycles. The molecule has 1 aromatic rings. The van der Waals surface area contributed by atoms with Crippen molar-refractivity contribution in [3.8, 4) is 0 Å². The maximum Gasteiger partial charge on any atom is 0.227 e. The Bertz CT molecular complexity index is 347. The highest BCUT2D eigenvalue weighted by Crippen LogP contribution is 2.38. The van der Waals surface area contributed by atoms with E-state index in [2.05, 4.69) is 28.2 Å². The van der Waals surface area contributed by atoms with Crippen LogP contribution in [0, 0.1) is 11.8 Å². The molecule has 2 rings (SSSR count). The number of amides is 1. The summed E-state index contributed by atoms with van der Waals surface area (Å²) >= 11 is 3.35. The van der Waals surface area contributed by atoms with Gasteiger partial charge in [0.15, 0.2) is 0 Å². The molecule has 1 aliphatic rings. The van der Waals surface area contributed by atoms with E-state index in [9.17, 15) is 4.79 Å². The highest BCUT2D eigenvalue weighted by Gasteiger charge is 2.38. The van der Waals surface area contributed by atoms with Crippen molar-refractivity contribution in [3.63, 3.8) is 0 Å². The fourth-order valence-corrected chi connectivity index (χ4v) is 1.72. The minimum Gasteiger partial charge on any atom is -0.326 e. The van der Waals surface area contributed by atoms with Gasteiger partial charge in [0.05, 0.1) is 0 Å². The molecule has 3 heteroatoms. The standard InChI is InChI=1S/C11H12BrNO/c1-7-6-10(7)11(14)13-9-4-2-8(12)3-5-9/h2-5,7,10H,6H2,1H3,(H,13,14)/t7-,10-/m0/s1. The van der Waals surface area contributed by atoms with Crippen molar-refractivity contribution in [1.29, 1.82) is 0 Å². The number of benzene rings is 1. The lowest BCUT2D eigenvalue weighted by atomic mass is 10.3. The van der Waals surface area contributed by atoms with Gasteiger partial charge < -0.3 is 5.32 Å². The van der Waals surface area contributed by atoms with Crippen LogP contribution in [0.1, 0.15) is 13.3 Å². The number of hydrogen-bond acceptors (Lipinski definition) is 1. The molecule has 0 radical (unpaired) electrons. The monoisotopic (exact) mass is 253 g/mol. The molecular weight excluding hydrogens is 242 g/mol. The third-order valence-electron chi connectivity index (χ3n) is 2.56. The molecule has 0 bridgehead atoms. The van der Waals surface area contributed by atoms with Gasteiger partial charge in [-0.15, -0.1) is 0 Å². The van der Waals surface area contributed by atoms with Gasteiger partial charge in [-0.3, -0.25) is 4.79 Å². The first-order valence-corrected chi connectivity index (χ1v) is 5.52. The van der Waals surface area contributed by atoms with Crippen molar-refractivity contribution >= 4 is 27.5 Å². The summed E-state index contributed by atoms with van der Waals surface area (Å²) in [5.74, 6) is 0.948. The first-order chi connectivity index (χ1) is 6.66. The third kappa shape index (κ3) is 2.15. The number of carbonyl (C=O) groups is 1. The van der Waals surface area contributed by atoms with E-state index in [1.54, 1.807) is 0 Å². The van der Waals surface area contributed by atoms with Gasteiger partial charge in [-0.2, -0.15) is 0 Å². The van der Waals surface area contributed by atoms with Crippen LogP contribution in [0.25, 0.3) is 0 Å². The van der Waals surface area contributed by atoms with E-state index in [-0.39, 0.29) is 11.8 Å². The topological polar surface area (TPSA) is 29.1 Å². The van der Waals surface area contributed by atoms with Gasteiger partial charge in [0, 0.05) is 16.1 Å². The van der Waals surface area contributed by atoms with E-state index in [0.717, 1.165) is 16.6 Å². The largest absolute Gasteiger partial charge is 0.326 e. The van der Waals surface area contributed by atoms with Gasteiger partial charge in [-0.1, -0.05) is 22.9 Å². The van der Waals surface area contributed by atoms with Crippen LogP contribution in [0.2, 0.25) is 0 Å². The Balaban J connectivity index is 1.97. The van der Waals surface area contributed by atoms with Gasteiger partial charge in [0.2, 0.25) is 5.91 Å². The molecule has 0 heterocycles. The molecule has 1 saturated carbocycles. The number of hydrogen-bond donors (Lipinski definition) is 1. The quantitative estimate of drug-likeness (QED) is 0.863. The predicted octanol–water partition coefficient (Wildman–Crippen LogP) is 3.04. The fraction of sp³-hybridized carbons (Fsp3) is 0.364. The van der Waals surface area contributed by atoms with Crippen molar-refractivity contribution in [1.82, 2.24) is 0 Å². The molecule has 0 aliphatic heterocycles. The lowest BCUT2D eigenvalue weighted by Gasteiger charge is -2.03. The zero-order valence-electron chi connectivity index (χ0n) is 7.96. The SMILES string of the molecule is C[C@H]1C[C@@H]1C(=O)Nc1ccc(Br)cc1. The Kier molecular flexibility index (Phi) is 2.59. The molecule has 1 N–H and O–H groups in total. The molecule has 1 amide bonds. The van der Waals surface area contributed by atoms with Crippen LogP contribution >= 0.6 is 15.9 Å². The highest BCUT2D eigenvalue weighted by atomic mass is 79.9. The van der Waals surface area contributed by atoms with Crippen LogP contribution < -0.4 is 5.32 Å². The van der Waals surface area contributed by atoms with E-state index in [4.69, 9.17) is 0 Å². The molecule has 2 atom stereocenters. The molecule has 0 unspecified atom stereocenters. The fourth-order valence-electron chi connectivity index (χ4n) is 1.46. The number of halogens is 1. The first-order valence-electron chi connectivity index (χ1n) is 4.73. The van der Waals surface area contributed by atoms with Gasteiger partial charge >= 0.3 is 0 Å². The van der Waals surface area contributed by atoms with E-state index in [0.29, 0.717) is 5.92 Å². The van der Waals surface area contributed by atoms with E-state index in [1.165, 1.54) is 0 Å². The maximum atomic E-state index is 11.5. The Morgan fingerprint density at radius 1 is 1.43 bits per heavy atom. The summed E-state index contributed by atoms with van der Waals surface area (Å²) in [7, 11) is 0. The van der Waals surface area contributed by atoms with Crippen LogP contribution in [-0.2, 0) is 4.79 Å². The number of anilines is 1. The van der Waals surface area contributed by atoms with Crippen LogP contribution in [0.5, 0.6) is 0 Å². The number of rotatable bonds is 2. The van der Waals surface area contributed by atoms with Crippen LogP contribution in [-0.4, -0.2) is 5.91 Å². The molecule has 2 nitrogen and oxygen atoms in total. The van der Waals surface area contributed by atoms with Crippen molar-refractivity contribution in [3.05, 3.63) is 28.7 Å². The van der Waals surface area contributed by atoms with E-state index < -0.39 is 0 Å². The Morgan fingerprint density at radius 3 is 2.50 bits per heavy atom. The Labute approximate surface area is 91.8 Å². The lowest BCUT2D eigenvalue weighted by molar-refractivity contribution is -0.117. The van der Waals surface area contributed by atoms with E-state index in [1.807, 2.05) is 24.3 Å². The minimum absolute atomic E-state index is 0.153. The summed E-state index contributed by atoms with van der Waals surface area (Å²) in [5, 5.41) is 2.90. The average molecular weight is 254 g/mol. The zero-order chi connectivity index (χ0) is 10.1. The Morgan fingerprint density at radius 2 is 2.00 bits per heavy atom. The van der Waals surface area contributed by atoms with Gasteiger partial charge in [-0.25, -0.2) is 0 Å². The summed E-state index contributed by atoms with van der Waals surface area (Å²) in [5.41, 5.74) is 0.873. The zero-order valence-corrected chi connectivity index (χ0v) is 9.54. The van der Waals surface area contributed by atoms with Gasteiger partial charge in [-0.05, 0) is 36.6 Å². The molecule has 0 spiro atoms. The molecular formula is C11H12BrNO. The normalized spacial score (nSPS) is 24.4. The lowest BCUT2D eigenvalue weighted by Crippen LogP contribution is -2.14. The molecule has 1 aromatic carbocycles. The third-order valence-corrected chi connectivity index (χ3v) is 3.09. The average Bonchev–Trinajstić information content (AvgIpc) is 2.87. The summed E-state index contributed by atoms with van der Waals surface area (Å²) in [4.78, 5) is 11.5. The first kappa shape index (κ1) is 9.71. The second-order valence-corrected chi connectivity index (χ2v) is 4.73. The molecule has 74 valence electrons.